The Kier molecular flexibility index (Phi) is 2.40. The van der Waals surface area contributed by atoms with Crippen molar-refractivity contribution in [3.8, 4) is 0 Å². The first-order valence-electron chi connectivity index (χ1n) is 6.13. The molecule has 3 rings (SSSR count). The SMILES string of the molecule is O=C(O)C1Cc2cc3c(cc2C1)CC(C(=O)O)C3. The van der Waals surface area contributed by atoms with Crippen LogP contribution < -0.4 is 0 Å². The van der Waals surface area contributed by atoms with Crippen molar-refractivity contribution in [2.24, 2.45) is 11.8 Å². The van der Waals surface area contributed by atoms with E-state index in [0.717, 1.165) is 22.3 Å². The van der Waals surface area contributed by atoms with Crippen molar-refractivity contribution in [2.45, 2.75) is 25.7 Å². The van der Waals surface area contributed by atoms with Crippen LogP contribution in [0.5, 0.6) is 0 Å². The molecule has 0 saturated carbocycles. The number of carbonyl (C=O) groups is 2. The monoisotopic (exact) mass is 246 g/mol. The molecule has 0 fully saturated rings. The van der Waals surface area contributed by atoms with E-state index in [9.17, 15) is 9.59 Å². The molecule has 0 aliphatic heterocycles. The molecule has 2 aliphatic rings. The number of fused-ring (bicyclic) bond motifs is 2. The molecule has 94 valence electrons. The fraction of sp³-hybridized carbons (Fsp3) is 0.429. The van der Waals surface area contributed by atoms with Gasteiger partial charge in [-0.05, 0) is 47.9 Å². The largest absolute Gasteiger partial charge is 0.481 e. The van der Waals surface area contributed by atoms with Gasteiger partial charge in [-0.1, -0.05) is 12.1 Å². The van der Waals surface area contributed by atoms with E-state index >= 15 is 0 Å². The third kappa shape index (κ3) is 1.68. The number of rotatable bonds is 2. The molecule has 4 heteroatoms. The molecule has 4 nitrogen and oxygen atoms in total. The summed E-state index contributed by atoms with van der Waals surface area (Å²) in [6.45, 7) is 0. The molecule has 0 spiro atoms. The lowest BCUT2D eigenvalue weighted by Crippen LogP contribution is -2.13. The molecule has 2 N–H and O–H groups in total. The van der Waals surface area contributed by atoms with E-state index in [1.807, 2.05) is 12.1 Å². The second-order valence-electron chi connectivity index (χ2n) is 5.28. The quantitative estimate of drug-likeness (QED) is 0.824. The van der Waals surface area contributed by atoms with Gasteiger partial charge in [0.25, 0.3) is 0 Å². The van der Waals surface area contributed by atoms with Crippen molar-refractivity contribution >= 4 is 11.9 Å². The van der Waals surface area contributed by atoms with Gasteiger partial charge in [0.05, 0.1) is 11.8 Å². The van der Waals surface area contributed by atoms with Crippen LogP contribution in [0.1, 0.15) is 22.3 Å². The fourth-order valence-electron chi connectivity index (χ4n) is 3.11. The molecule has 0 atom stereocenters. The summed E-state index contributed by atoms with van der Waals surface area (Å²) < 4.78 is 0. The molecule has 0 saturated heterocycles. The summed E-state index contributed by atoms with van der Waals surface area (Å²) in [7, 11) is 0. The van der Waals surface area contributed by atoms with E-state index < -0.39 is 11.9 Å². The predicted octanol–water partition coefficient (Wildman–Crippen LogP) is 1.29. The summed E-state index contributed by atoms with van der Waals surface area (Å²) in [5, 5.41) is 18.1. The van der Waals surface area contributed by atoms with Crippen molar-refractivity contribution in [2.75, 3.05) is 0 Å². The van der Waals surface area contributed by atoms with Gasteiger partial charge < -0.3 is 10.2 Å². The normalized spacial score (nSPS) is 18.7. The maximum Gasteiger partial charge on any atom is 0.307 e. The van der Waals surface area contributed by atoms with Gasteiger partial charge in [-0.2, -0.15) is 0 Å². The summed E-state index contributed by atoms with van der Waals surface area (Å²) in [4.78, 5) is 22.0. The molecule has 18 heavy (non-hydrogen) atoms. The number of carboxylic acids is 2. The summed E-state index contributed by atoms with van der Waals surface area (Å²) in [5.41, 5.74) is 4.36. The Bertz CT molecular complexity index is 467. The highest BCUT2D eigenvalue weighted by molar-refractivity contribution is 5.74. The minimum Gasteiger partial charge on any atom is -0.481 e. The first-order valence-corrected chi connectivity index (χ1v) is 6.13. The molecule has 0 amide bonds. The number of carboxylic acid groups (broad SMARTS) is 2. The Labute approximate surface area is 104 Å². The smallest absolute Gasteiger partial charge is 0.307 e. The lowest BCUT2D eigenvalue weighted by molar-refractivity contribution is -0.142. The average Bonchev–Trinajstić information content (AvgIpc) is 2.87. The maximum atomic E-state index is 11.0. The van der Waals surface area contributed by atoms with Crippen molar-refractivity contribution in [3.05, 3.63) is 34.4 Å². The third-order valence-electron chi connectivity index (χ3n) is 4.09. The van der Waals surface area contributed by atoms with Crippen molar-refractivity contribution < 1.29 is 19.8 Å². The average molecular weight is 246 g/mol. The van der Waals surface area contributed by atoms with Gasteiger partial charge in [-0.3, -0.25) is 9.59 Å². The van der Waals surface area contributed by atoms with Crippen LogP contribution in [0.4, 0.5) is 0 Å². The lowest BCUT2D eigenvalue weighted by Gasteiger charge is -2.03. The van der Waals surface area contributed by atoms with Crippen LogP contribution in [0.2, 0.25) is 0 Å². The molecule has 0 bridgehead atoms. The molecule has 1 aromatic carbocycles. The summed E-state index contributed by atoms with van der Waals surface area (Å²) >= 11 is 0. The highest BCUT2D eigenvalue weighted by atomic mass is 16.4. The minimum atomic E-state index is -0.741. The van der Waals surface area contributed by atoms with Crippen molar-refractivity contribution in [3.63, 3.8) is 0 Å². The molecular formula is C14H14O4. The van der Waals surface area contributed by atoms with Crippen LogP contribution >= 0.6 is 0 Å². The van der Waals surface area contributed by atoms with E-state index in [2.05, 4.69) is 0 Å². The zero-order valence-electron chi connectivity index (χ0n) is 9.85. The van der Waals surface area contributed by atoms with Gasteiger partial charge in [-0.25, -0.2) is 0 Å². The zero-order valence-corrected chi connectivity index (χ0v) is 9.85. The second kappa shape index (κ2) is 3.83. The Morgan fingerprint density at radius 2 is 1.06 bits per heavy atom. The molecule has 1 aromatic rings. The minimum absolute atomic E-state index is 0.308. The van der Waals surface area contributed by atoms with Gasteiger partial charge in [0, 0.05) is 0 Å². The molecule has 0 heterocycles. The summed E-state index contributed by atoms with van der Waals surface area (Å²) in [5.74, 6) is -2.10. The number of benzene rings is 1. The van der Waals surface area contributed by atoms with Gasteiger partial charge in [0.1, 0.15) is 0 Å². The standard InChI is InChI=1S/C14H14O4/c15-13(16)11-3-7-1-8-4-12(14(17)18)6-10(8)2-9(7)5-11/h1-2,11-12H,3-6H2,(H,15,16)(H,17,18). The highest BCUT2D eigenvalue weighted by Crippen LogP contribution is 2.35. The Morgan fingerprint density at radius 1 is 0.778 bits per heavy atom. The maximum absolute atomic E-state index is 11.0. The molecule has 0 unspecified atom stereocenters. The number of hydrogen-bond acceptors (Lipinski definition) is 2. The van der Waals surface area contributed by atoms with E-state index in [4.69, 9.17) is 10.2 Å². The van der Waals surface area contributed by atoms with Crippen LogP contribution in [0.25, 0.3) is 0 Å². The van der Waals surface area contributed by atoms with Gasteiger partial charge >= 0.3 is 11.9 Å². The van der Waals surface area contributed by atoms with Crippen LogP contribution in [-0.2, 0) is 35.3 Å². The lowest BCUT2D eigenvalue weighted by atomic mass is 10.0. The van der Waals surface area contributed by atoms with E-state index in [1.165, 1.54) is 0 Å². The molecule has 0 aromatic heterocycles. The van der Waals surface area contributed by atoms with E-state index in [-0.39, 0.29) is 11.8 Å². The molecule has 0 radical (unpaired) electrons. The van der Waals surface area contributed by atoms with Gasteiger partial charge in [0.2, 0.25) is 0 Å². The van der Waals surface area contributed by atoms with Crippen molar-refractivity contribution in [1.29, 1.82) is 0 Å². The van der Waals surface area contributed by atoms with Crippen LogP contribution in [-0.4, -0.2) is 22.2 Å². The Morgan fingerprint density at radius 3 is 1.28 bits per heavy atom. The van der Waals surface area contributed by atoms with Crippen LogP contribution in [0, 0.1) is 11.8 Å². The summed E-state index contributed by atoms with van der Waals surface area (Å²) in [6.07, 6.45) is 2.32. The summed E-state index contributed by atoms with van der Waals surface area (Å²) in [6, 6.07) is 4.05. The van der Waals surface area contributed by atoms with E-state index in [1.54, 1.807) is 0 Å². The first kappa shape index (κ1) is 11.3. The topological polar surface area (TPSA) is 74.6 Å². The predicted molar refractivity (Wildman–Crippen MR) is 63.5 cm³/mol. The van der Waals surface area contributed by atoms with Crippen LogP contribution in [0.3, 0.4) is 0 Å². The first-order chi connectivity index (χ1) is 8.54. The van der Waals surface area contributed by atoms with Crippen molar-refractivity contribution in [1.82, 2.24) is 0 Å². The fourth-order valence-corrected chi connectivity index (χ4v) is 3.11. The van der Waals surface area contributed by atoms with Gasteiger partial charge in [0.15, 0.2) is 0 Å². The van der Waals surface area contributed by atoms with Gasteiger partial charge in [-0.15, -0.1) is 0 Å². The highest BCUT2D eigenvalue weighted by Gasteiger charge is 2.32. The van der Waals surface area contributed by atoms with E-state index in [0.29, 0.717) is 25.7 Å². The molecule has 2 aliphatic carbocycles. The third-order valence-corrected chi connectivity index (χ3v) is 4.09. The molecular weight excluding hydrogens is 232 g/mol. The second-order valence-corrected chi connectivity index (χ2v) is 5.28. The number of aliphatic carboxylic acids is 2. The zero-order chi connectivity index (χ0) is 12.9. The number of hydrogen-bond donors (Lipinski definition) is 2. The van der Waals surface area contributed by atoms with Crippen LogP contribution in [0.15, 0.2) is 12.1 Å². The Balaban J connectivity index is 1.89. The Hall–Kier alpha value is -1.84.